The number of anilines is 1. The number of hydrogen-bond acceptors (Lipinski definition) is 4. The van der Waals surface area contributed by atoms with Crippen molar-refractivity contribution in [3.8, 4) is 5.75 Å². The molecule has 2 aromatic rings. The summed E-state index contributed by atoms with van der Waals surface area (Å²) in [6.07, 6.45) is 1.43. The van der Waals surface area contributed by atoms with Crippen molar-refractivity contribution in [2.75, 3.05) is 12.4 Å². The Labute approximate surface area is 91.6 Å². The van der Waals surface area contributed by atoms with Crippen LogP contribution in [0.3, 0.4) is 0 Å². The Morgan fingerprint density at radius 2 is 2.12 bits per heavy atom. The van der Waals surface area contributed by atoms with Gasteiger partial charge in [-0.05, 0) is 24.3 Å². The molecule has 2 N–H and O–H groups in total. The van der Waals surface area contributed by atoms with E-state index in [2.05, 4.69) is 20.7 Å². The van der Waals surface area contributed by atoms with Crippen LogP contribution in [0.25, 0.3) is 0 Å². The molecular formula is C10H10N4O2. The van der Waals surface area contributed by atoms with Gasteiger partial charge in [0.25, 0.3) is 5.91 Å². The first kappa shape index (κ1) is 10.2. The van der Waals surface area contributed by atoms with E-state index in [1.807, 2.05) is 0 Å². The highest BCUT2D eigenvalue weighted by Gasteiger charge is 2.07. The lowest BCUT2D eigenvalue weighted by molar-refractivity contribution is 0.102. The van der Waals surface area contributed by atoms with Gasteiger partial charge in [-0.3, -0.25) is 4.79 Å². The normalized spacial score (nSPS) is 9.81. The van der Waals surface area contributed by atoms with Crippen LogP contribution in [0.5, 0.6) is 5.75 Å². The molecule has 16 heavy (non-hydrogen) atoms. The van der Waals surface area contributed by atoms with E-state index in [1.165, 1.54) is 6.20 Å². The third-order valence-corrected chi connectivity index (χ3v) is 2.01. The van der Waals surface area contributed by atoms with Gasteiger partial charge in [0, 0.05) is 5.56 Å². The van der Waals surface area contributed by atoms with Gasteiger partial charge in [0.05, 0.1) is 13.3 Å². The molecule has 0 radical (unpaired) electrons. The molecule has 1 aromatic heterocycles. The predicted molar refractivity (Wildman–Crippen MR) is 57.3 cm³/mol. The van der Waals surface area contributed by atoms with Gasteiger partial charge in [-0.2, -0.15) is 10.3 Å². The van der Waals surface area contributed by atoms with Crippen LogP contribution in [0.2, 0.25) is 0 Å². The summed E-state index contributed by atoms with van der Waals surface area (Å²) in [4.78, 5) is 11.7. The van der Waals surface area contributed by atoms with Crippen LogP contribution in [0, 0.1) is 0 Å². The molecule has 0 fully saturated rings. The summed E-state index contributed by atoms with van der Waals surface area (Å²) in [7, 11) is 1.57. The summed E-state index contributed by atoms with van der Waals surface area (Å²) in [6.45, 7) is 0. The van der Waals surface area contributed by atoms with Crippen molar-refractivity contribution in [3.05, 3.63) is 36.0 Å². The highest BCUT2D eigenvalue weighted by molar-refractivity contribution is 6.03. The summed E-state index contributed by atoms with van der Waals surface area (Å²) in [5, 5.41) is 12.3. The van der Waals surface area contributed by atoms with Crippen molar-refractivity contribution >= 4 is 11.7 Å². The predicted octanol–water partition coefficient (Wildman–Crippen LogP) is 1.07. The number of benzene rings is 1. The van der Waals surface area contributed by atoms with E-state index in [4.69, 9.17) is 4.74 Å². The lowest BCUT2D eigenvalue weighted by Gasteiger charge is -2.02. The zero-order valence-electron chi connectivity index (χ0n) is 8.60. The molecule has 0 saturated heterocycles. The van der Waals surface area contributed by atoms with E-state index >= 15 is 0 Å². The molecule has 1 aromatic carbocycles. The first-order valence-corrected chi connectivity index (χ1v) is 4.61. The van der Waals surface area contributed by atoms with Crippen molar-refractivity contribution in [3.63, 3.8) is 0 Å². The maximum absolute atomic E-state index is 11.7. The fraction of sp³-hybridized carbons (Fsp3) is 0.100. The number of amides is 1. The number of aromatic nitrogens is 3. The third kappa shape index (κ3) is 2.17. The number of aromatic amines is 1. The second-order valence-electron chi connectivity index (χ2n) is 3.04. The smallest absolute Gasteiger partial charge is 0.256 e. The molecule has 6 heteroatoms. The molecule has 0 atom stereocenters. The van der Waals surface area contributed by atoms with E-state index < -0.39 is 0 Å². The molecule has 2 rings (SSSR count). The van der Waals surface area contributed by atoms with Crippen LogP contribution in [0.15, 0.2) is 30.5 Å². The van der Waals surface area contributed by atoms with E-state index in [-0.39, 0.29) is 5.91 Å². The van der Waals surface area contributed by atoms with Crippen molar-refractivity contribution in [1.82, 2.24) is 15.4 Å². The summed E-state index contributed by atoms with van der Waals surface area (Å²) < 4.78 is 5.00. The van der Waals surface area contributed by atoms with Crippen LogP contribution in [0.4, 0.5) is 5.82 Å². The number of rotatable bonds is 3. The molecule has 1 heterocycles. The largest absolute Gasteiger partial charge is 0.497 e. The minimum Gasteiger partial charge on any atom is -0.497 e. The molecule has 0 aliphatic rings. The number of carbonyl (C=O) groups excluding carboxylic acids is 1. The van der Waals surface area contributed by atoms with Crippen LogP contribution in [-0.2, 0) is 0 Å². The molecule has 0 spiro atoms. The second-order valence-corrected chi connectivity index (χ2v) is 3.04. The van der Waals surface area contributed by atoms with Gasteiger partial charge >= 0.3 is 0 Å². The molecule has 1 amide bonds. The average molecular weight is 218 g/mol. The summed E-state index contributed by atoms with van der Waals surface area (Å²) >= 11 is 0. The lowest BCUT2D eigenvalue weighted by Crippen LogP contribution is -2.11. The second kappa shape index (κ2) is 4.43. The number of hydrogen-bond donors (Lipinski definition) is 2. The van der Waals surface area contributed by atoms with Gasteiger partial charge in [0.2, 0.25) is 0 Å². The Bertz CT molecular complexity index is 464. The van der Waals surface area contributed by atoms with Crippen molar-refractivity contribution in [2.24, 2.45) is 0 Å². The molecule has 0 saturated carbocycles. The number of nitrogens with zero attached hydrogens (tertiary/aromatic N) is 2. The Morgan fingerprint density at radius 1 is 1.38 bits per heavy atom. The highest BCUT2D eigenvalue weighted by Crippen LogP contribution is 2.12. The molecule has 0 aliphatic carbocycles. The number of ether oxygens (including phenoxy) is 1. The van der Waals surface area contributed by atoms with E-state index in [0.29, 0.717) is 17.1 Å². The molecule has 6 nitrogen and oxygen atoms in total. The summed E-state index contributed by atoms with van der Waals surface area (Å²) in [5.41, 5.74) is 0.531. The van der Waals surface area contributed by atoms with E-state index in [1.54, 1.807) is 31.4 Å². The van der Waals surface area contributed by atoms with Gasteiger partial charge in [0.15, 0.2) is 5.82 Å². The Morgan fingerprint density at radius 3 is 2.69 bits per heavy atom. The molecule has 0 unspecified atom stereocenters. The van der Waals surface area contributed by atoms with Crippen LogP contribution in [-0.4, -0.2) is 28.4 Å². The molecule has 82 valence electrons. The van der Waals surface area contributed by atoms with Gasteiger partial charge < -0.3 is 10.1 Å². The maximum atomic E-state index is 11.7. The minimum atomic E-state index is -0.239. The highest BCUT2D eigenvalue weighted by atomic mass is 16.5. The molecule has 0 aliphatic heterocycles. The summed E-state index contributed by atoms with van der Waals surface area (Å²) in [5.74, 6) is 0.857. The first-order valence-electron chi connectivity index (χ1n) is 4.61. The fourth-order valence-corrected chi connectivity index (χ4v) is 1.19. The topological polar surface area (TPSA) is 79.9 Å². The zero-order chi connectivity index (χ0) is 11.4. The fourth-order valence-electron chi connectivity index (χ4n) is 1.19. The monoisotopic (exact) mass is 218 g/mol. The Kier molecular flexibility index (Phi) is 2.81. The molecular weight excluding hydrogens is 208 g/mol. The Balaban J connectivity index is 2.09. The zero-order valence-corrected chi connectivity index (χ0v) is 8.60. The number of H-pyrrole nitrogens is 1. The van der Waals surface area contributed by atoms with Crippen LogP contribution in [0.1, 0.15) is 10.4 Å². The van der Waals surface area contributed by atoms with Gasteiger partial charge in [-0.15, -0.1) is 5.10 Å². The van der Waals surface area contributed by atoms with Gasteiger partial charge in [-0.25, -0.2) is 0 Å². The quantitative estimate of drug-likeness (QED) is 0.807. The Hall–Kier alpha value is -2.37. The van der Waals surface area contributed by atoms with E-state index in [0.717, 1.165) is 0 Å². The molecule has 0 bridgehead atoms. The first-order chi connectivity index (χ1) is 7.79. The third-order valence-electron chi connectivity index (χ3n) is 2.01. The maximum Gasteiger partial charge on any atom is 0.256 e. The number of nitrogens with one attached hydrogen (secondary N) is 2. The van der Waals surface area contributed by atoms with Crippen LogP contribution < -0.4 is 10.1 Å². The van der Waals surface area contributed by atoms with Gasteiger partial charge in [0.1, 0.15) is 5.75 Å². The lowest BCUT2D eigenvalue weighted by atomic mass is 10.2. The van der Waals surface area contributed by atoms with Gasteiger partial charge in [-0.1, -0.05) is 0 Å². The standard InChI is InChI=1S/C10H10N4O2/c1-16-8-4-2-7(3-5-8)10(15)12-9-6-11-14-13-9/h2-6H,1H3,(H2,11,12,13,14,15). The SMILES string of the molecule is COc1ccc(C(=O)Nc2cn[nH]n2)cc1. The van der Waals surface area contributed by atoms with E-state index in [9.17, 15) is 4.79 Å². The van der Waals surface area contributed by atoms with Crippen molar-refractivity contribution < 1.29 is 9.53 Å². The number of carbonyl (C=O) groups is 1. The summed E-state index contributed by atoms with van der Waals surface area (Å²) in [6, 6.07) is 6.79. The minimum absolute atomic E-state index is 0.239. The van der Waals surface area contributed by atoms with Crippen LogP contribution >= 0.6 is 0 Å². The average Bonchev–Trinajstić information content (AvgIpc) is 2.82. The van der Waals surface area contributed by atoms with Crippen molar-refractivity contribution in [2.45, 2.75) is 0 Å². The number of methoxy groups -OCH3 is 1. The van der Waals surface area contributed by atoms with Crippen molar-refractivity contribution in [1.29, 1.82) is 0 Å².